The van der Waals surface area contributed by atoms with Crippen LogP contribution in [0.1, 0.15) is 37.2 Å². The highest BCUT2D eigenvalue weighted by molar-refractivity contribution is 9.10. The van der Waals surface area contributed by atoms with Gasteiger partial charge in [0, 0.05) is 18.1 Å². The molecule has 1 atom stereocenters. The van der Waals surface area contributed by atoms with Crippen LogP contribution >= 0.6 is 15.9 Å². The van der Waals surface area contributed by atoms with Crippen LogP contribution in [0, 0.1) is 0 Å². The van der Waals surface area contributed by atoms with Gasteiger partial charge in [-0.2, -0.15) is 0 Å². The molecule has 7 heteroatoms. The number of nitrogens with zero attached hydrogens (tertiary/aromatic N) is 2. The van der Waals surface area contributed by atoms with Gasteiger partial charge in [-0.3, -0.25) is 9.78 Å². The van der Waals surface area contributed by atoms with Crippen molar-refractivity contribution in [3.63, 3.8) is 0 Å². The molecule has 0 radical (unpaired) electrons. The molecule has 0 fully saturated rings. The van der Waals surface area contributed by atoms with Crippen molar-refractivity contribution in [3.05, 3.63) is 28.6 Å². The van der Waals surface area contributed by atoms with Crippen LogP contribution in [0.25, 0.3) is 10.9 Å². The minimum atomic E-state index is -1.07. The Morgan fingerprint density at radius 3 is 3.00 bits per heavy atom. The summed E-state index contributed by atoms with van der Waals surface area (Å²) in [5.41, 5.74) is 0.584. The Bertz CT molecular complexity index is 676. The molecular weight excluding hydrogens is 350 g/mol. The van der Waals surface area contributed by atoms with Crippen LogP contribution in [0.15, 0.2) is 22.9 Å². The Labute approximate surface area is 137 Å². The van der Waals surface area contributed by atoms with Gasteiger partial charge in [0.15, 0.2) is 17.7 Å². The molecule has 0 aliphatic carbocycles. The second-order valence-corrected chi connectivity index (χ2v) is 5.56. The van der Waals surface area contributed by atoms with E-state index < -0.39 is 6.29 Å². The van der Waals surface area contributed by atoms with Crippen LogP contribution in [-0.2, 0) is 0 Å². The van der Waals surface area contributed by atoms with E-state index in [1.54, 1.807) is 12.3 Å². The van der Waals surface area contributed by atoms with Gasteiger partial charge in [-0.05, 0) is 41.4 Å². The summed E-state index contributed by atoms with van der Waals surface area (Å²) in [4.78, 5) is 20.8. The number of halogens is 1. The van der Waals surface area contributed by atoms with Crippen LogP contribution in [0.4, 0.5) is 0 Å². The molecule has 2 heterocycles. The molecule has 2 aromatic heterocycles. The summed E-state index contributed by atoms with van der Waals surface area (Å²) in [5, 5.41) is 13.0. The highest BCUT2D eigenvalue weighted by Gasteiger charge is 2.21. The predicted octanol–water partition coefficient (Wildman–Crippen LogP) is 2.64. The Balaban J connectivity index is 2.49. The minimum Gasteiger partial charge on any atom is -0.461 e. The smallest absolute Gasteiger partial charge is 0.273 e. The number of rotatable bonds is 6. The van der Waals surface area contributed by atoms with Crippen LogP contribution in [0.2, 0.25) is 0 Å². The van der Waals surface area contributed by atoms with E-state index >= 15 is 0 Å². The topological polar surface area (TPSA) is 84.3 Å². The average molecular weight is 368 g/mol. The van der Waals surface area contributed by atoms with Gasteiger partial charge in [-0.25, -0.2) is 4.98 Å². The molecule has 0 saturated carbocycles. The van der Waals surface area contributed by atoms with E-state index in [1.165, 1.54) is 6.92 Å². The molecule has 118 valence electrons. The second-order valence-electron chi connectivity index (χ2n) is 4.81. The summed E-state index contributed by atoms with van der Waals surface area (Å²) in [6, 6.07) is 3.58. The van der Waals surface area contributed by atoms with E-state index in [2.05, 4.69) is 31.2 Å². The van der Waals surface area contributed by atoms with Crippen molar-refractivity contribution in [1.82, 2.24) is 15.3 Å². The van der Waals surface area contributed by atoms with Crippen molar-refractivity contribution < 1.29 is 14.6 Å². The zero-order valence-electron chi connectivity index (χ0n) is 12.5. The van der Waals surface area contributed by atoms with E-state index in [1.807, 2.05) is 13.0 Å². The van der Waals surface area contributed by atoms with Crippen LogP contribution in [0.5, 0.6) is 5.75 Å². The SMILES string of the molecule is CCCCNC(=O)c1nc(Br)c2cccnc2c1OC(C)O. The number of hydrogen-bond donors (Lipinski definition) is 2. The van der Waals surface area contributed by atoms with Crippen molar-refractivity contribution in [2.45, 2.75) is 33.0 Å². The van der Waals surface area contributed by atoms with E-state index in [9.17, 15) is 9.90 Å². The highest BCUT2D eigenvalue weighted by atomic mass is 79.9. The first-order valence-corrected chi connectivity index (χ1v) is 7.91. The number of aromatic nitrogens is 2. The highest BCUT2D eigenvalue weighted by Crippen LogP contribution is 2.32. The monoisotopic (exact) mass is 367 g/mol. The first-order chi connectivity index (χ1) is 10.5. The number of fused-ring (bicyclic) bond motifs is 1. The van der Waals surface area contributed by atoms with Crippen molar-refractivity contribution in [3.8, 4) is 5.75 Å². The fraction of sp³-hybridized carbons (Fsp3) is 0.400. The normalized spacial score (nSPS) is 12.2. The lowest BCUT2D eigenvalue weighted by Gasteiger charge is -2.15. The minimum absolute atomic E-state index is 0.107. The molecule has 2 N–H and O–H groups in total. The molecule has 1 amide bonds. The average Bonchev–Trinajstić information content (AvgIpc) is 2.50. The Morgan fingerprint density at radius 2 is 2.32 bits per heavy atom. The maximum Gasteiger partial charge on any atom is 0.273 e. The lowest BCUT2D eigenvalue weighted by Crippen LogP contribution is -2.27. The molecular formula is C15H18BrN3O3. The lowest BCUT2D eigenvalue weighted by molar-refractivity contribution is -0.0000973. The summed E-state index contributed by atoms with van der Waals surface area (Å²) < 4.78 is 5.90. The number of carbonyl (C=O) groups is 1. The van der Waals surface area contributed by atoms with Crippen molar-refractivity contribution in [2.24, 2.45) is 0 Å². The van der Waals surface area contributed by atoms with E-state index in [0.29, 0.717) is 22.1 Å². The maximum atomic E-state index is 12.3. The number of unbranched alkanes of at least 4 members (excludes halogenated alkanes) is 1. The molecule has 2 aromatic rings. The number of hydrogen-bond acceptors (Lipinski definition) is 5. The summed E-state index contributed by atoms with van der Waals surface area (Å²) in [6.07, 6.45) is 2.39. The molecule has 0 aliphatic rings. The Hall–Kier alpha value is -1.73. The Kier molecular flexibility index (Phi) is 5.68. The van der Waals surface area contributed by atoms with Gasteiger partial charge in [-0.15, -0.1) is 0 Å². The summed E-state index contributed by atoms with van der Waals surface area (Å²) >= 11 is 3.35. The van der Waals surface area contributed by atoms with E-state index in [0.717, 1.165) is 12.8 Å². The number of ether oxygens (including phenoxy) is 1. The van der Waals surface area contributed by atoms with Gasteiger partial charge in [0.1, 0.15) is 10.1 Å². The zero-order chi connectivity index (χ0) is 16.1. The number of nitrogens with one attached hydrogen (secondary N) is 1. The molecule has 0 spiro atoms. The van der Waals surface area contributed by atoms with E-state index in [-0.39, 0.29) is 17.4 Å². The van der Waals surface area contributed by atoms with Gasteiger partial charge in [0.25, 0.3) is 5.91 Å². The number of amides is 1. The molecule has 0 saturated heterocycles. The van der Waals surface area contributed by atoms with Gasteiger partial charge >= 0.3 is 0 Å². The largest absolute Gasteiger partial charge is 0.461 e. The lowest BCUT2D eigenvalue weighted by atomic mass is 10.2. The molecule has 0 aliphatic heterocycles. The fourth-order valence-electron chi connectivity index (χ4n) is 1.97. The zero-order valence-corrected chi connectivity index (χ0v) is 14.1. The summed E-state index contributed by atoms with van der Waals surface area (Å²) in [5.74, 6) is -0.167. The van der Waals surface area contributed by atoms with Crippen LogP contribution in [0.3, 0.4) is 0 Å². The third-order valence-corrected chi connectivity index (χ3v) is 3.59. The molecule has 2 rings (SSSR count). The predicted molar refractivity (Wildman–Crippen MR) is 86.8 cm³/mol. The van der Waals surface area contributed by atoms with Crippen molar-refractivity contribution in [1.29, 1.82) is 0 Å². The maximum absolute atomic E-state index is 12.3. The molecule has 0 aromatic carbocycles. The van der Waals surface area contributed by atoms with Crippen LogP contribution < -0.4 is 10.1 Å². The fourth-order valence-corrected chi connectivity index (χ4v) is 2.47. The van der Waals surface area contributed by atoms with E-state index in [4.69, 9.17) is 4.74 Å². The van der Waals surface area contributed by atoms with Crippen LogP contribution in [-0.4, -0.2) is 33.8 Å². The third kappa shape index (κ3) is 3.72. The molecule has 1 unspecified atom stereocenters. The number of carbonyl (C=O) groups excluding carboxylic acids is 1. The first kappa shape index (κ1) is 16.6. The van der Waals surface area contributed by atoms with Gasteiger partial charge in [0.2, 0.25) is 0 Å². The molecule has 22 heavy (non-hydrogen) atoms. The number of pyridine rings is 2. The second kappa shape index (κ2) is 7.51. The quantitative estimate of drug-likeness (QED) is 0.465. The van der Waals surface area contributed by atoms with Gasteiger partial charge in [-0.1, -0.05) is 13.3 Å². The first-order valence-electron chi connectivity index (χ1n) is 7.11. The Morgan fingerprint density at radius 1 is 1.55 bits per heavy atom. The van der Waals surface area contributed by atoms with Gasteiger partial charge < -0.3 is 15.2 Å². The molecule has 6 nitrogen and oxygen atoms in total. The standard InChI is InChI=1S/C15H18BrN3O3/c1-3-4-7-18-15(21)12-13(22-9(2)20)11-10(14(16)19-12)6-5-8-17-11/h5-6,8-9,20H,3-4,7H2,1-2H3,(H,18,21). The summed E-state index contributed by atoms with van der Waals surface area (Å²) in [7, 11) is 0. The third-order valence-electron chi connectivity index (χ3n) is 2.99. The van der Waals surface area contributed by atoms with Crippen molar-refractivity contribution >= 4 is 32.7 Å². The van der Waals surface area contributed by atoms with Gasteiger partial charge in [0.05, 0.1) is 0 Å². The molecule has 0 bridgehead atoms. The number of aliphatic hydroxyl groups is 1. The summed E-state index contributed by atoms with van der Waals surface area (Å²) in [6.45, 7) is 4.07. The van der Waals surface area contributed by atoms with Crippen molar-refractivity contribution in [2.75, 3.05) is 6.54 Å². The number of aliphatic hydroxyl groups excluding tert-OH is 1.